The number of piperidine rings is 2. The molecule has 5 heterocycles. The molecule has 4 aliphatic rings. The minimum absolute atomic E-state index is 0.00848. The summed E-state index contributed by atoms with van der Waals surface area (Å²) in [6, 6.07) is 10.7. The first-order valence-corrected chi connectivity index (χ1v) is 20.7. The Hall–Kier alpha value is -5.58. The lowest BCUT2D eigenvalue weighted by molar-refractivity contribution is -0.174. The van der Waals surface area contributed by atoms with Crippen molar-refractivity contribution in [1.29, 1.82) is 0 Å². The van der Waals surface area contributed by atoms with Crippen LogP contribution in [-0.2, 0) is 48.4 Å². The predicted molar refractivity (Wildman–Crippen MR) is 214 cm³/mol. The van der Waals surface area contributed by atoms with E-state index >= 15 is 0 Å². The Bertz CT molecular complexity index is 2100. The Morgan fingerprint density at radius 2 is 1.59 bits per heavy atom. The molecule has 0 radical (unpaired) electrons. The topological polar surface area (TPSA) is 182 Å². The molecule has 3 aromatic rings. The normalized spacial score (nSPS) is 20.4. The fourth-order valence-corrected chi connectivity index (χ4v) is 9.04. The Morgan fingerprint density at radius 1 is 0.881 bits per heavy atom. The van der Waals surface area contributed by atoms with E-state index in [1.54, 1.807) is 29.8 Å². The first kappa shape index (κ1) is 41.6. The van der Waals surface area contributed by atoms with Crippen molar-refractivity contribution in [2.75, 3.05) is 51.2 Å². The van der Waals surface area contributed by atoms with Crippen LogP contribution in [0, 0.1) is 6.92 Å². The molecule has 3 saturated heterocycles. The molecule has 0 bridgehead atoms. The summed E-state index contributed by atoms with van der Waals surface area (Å²) >= 11 is 0. The number of hydrogen-bond donors (Lipinski definition) is 1. The Morgan fingerprint density at radius 3 is 2.34 bits per heavy atom. The van der Waals surface area contributed by atoms with Gasteiger partial charge in [0.15, 0.2) is 11.7 Å². The molecular formula is C42H54N6O11. The summed E-state index contributed by atoms with van der Waals surface area (Å²) in [7, 11) is 1.63. The number of benzene rings is 2. The molecule has 3 fully saturated rings. The van der Waals surface area contributed by atoms with E-state index in [4.69, 9.17) is 23.4 Å². The molecule has 59 heavy (non-hydrogen) atoms. The van der Waals surface area contributed by atoms with Gasteiger partial charge in [-0.25, -0.2) is 19.2 Å². The van der Waals surface area contributed by atoms with Gasteiger partial charge in [0, 0.05) is 70.9 Å². The Balaban J connectivity index is 0.996. The summed E-state index contributed by atoms with van der Waals surface area (Å²) in [6.07, 6.45) is 0.740. The number of oxazole rings is 1. The molecule has 2 aromatic carbocycles. The predicted octanol–water partition coefficient (Wildman–Crippen LogP) is 4.56. The van der Waals surface area contributed by atoms with Crippen LogP contribution in [0.4, 0.5) is 20.1 Å². The zero-order valence-corrected chi connectivity index (χ0v) is 34.2. The zero-order chi connectivity index (χ0) is 41.8. The molecule has 4 aliphatic heterocycles. The summed E-state index contributed by atoms with van der Waals surface area (Å²) in [5.74, 6) is -1.31. The van der Waals surface area contributed by atoms with Gasteiger partial charge < -0.3 is 43.4 Å². The number of aryl methyl sites for hydroxylation is 2. The van der Waals surface area contributed by atoms with Crippen molar-refractivity contribution in [3.8, 4) is 0 Å². The van der Waals surface area contributed by atoms with Crippen molar-refractivity contribution in [1.82, 2.24) is 24.2 Å². The van der Waals surface area contributed by atoms with Crippen LogP contribution in [-0.4, -0.2) is 131 Å². The van der Waals surface area contributed by atoms with Crippen LogP contribution in [0.1, 0.15) is 69.1 Å². The lowest BCUT2D eigenvalue weighted by Crippen LogP contribution is -2.53. The summed E-state index contributed by atoms with van der Waals surface area (Å²) in [6.45, 7) is 7.87. The van der Waals surface area contributed by atoms with Crippen LogP contribution in [0.3, 0.4) is 0 Å². The molecule has 4 amide bonds. The van der Waals surface area contributed by atoms with Gasteiger partial charge in [-0.05, 0) is 94.2 Å². The van der Waals surface area contributed by atoms with E-state index in [-0.39, 0.29) is 37.0 Å². The van der Waals surface area contributed by atoms with E-state index < -0.39 is 42.4 Å². The van der Waals surface area contributed by atoms with Gasteiger partial charge in [-0.15, -0.1) is 0 Å². The molecule has 0 saturated carbocycles. The minimum atomic E-state index is -1.16. The monoisotopic (exact) mass is 818 g/mol. The highest BCUT2D eigenvalue weighted by Crippen LogP contribution is 2.30. The maximum atomic E-state index is 14.4. The first-order chi connectivity index (χ1) is 28.4. The van der Waals surface area contributed by atoms with Gasteiger partial charge in [-0.3, -0.25) is 19.1 Å². The number of fused-ring (bicyclic) bond motifs is 2. The molecule has 17 nitrogen and oxygen atoms in total. The fourth-order valence-electron chi connectivity index (χ4n) is 9.04. The van der Waals surface area contributed by atoms with Crippen molar-refractivity contribution in [2.24, 2.45) is 7.05 Å². The molecule has 0 spiro atoms. The van der Waals surface area contributed by atoms with E-state index in [9.17, 15) is 28.8 Å². The number of carbonyl (C=O) groups is 5. The van der Waals surface area contributed by atoms with Gasteiger partial charge in [0.2, 0.25) is 6.29 Å². The van der Waals surface area contributed by atoms with Gasteiger partial charge in [-0.2, -0.15) is 0 Å². The Kier molecular flexibility index (Phi) is 12.8. The molecule has 7 rings (SSSR count). The van der Waals surface area contributed by atoms with E-state index in [0.29, 0.717) is 88.0 Å². The van der Waals surface area contributed by atoms with Crippen LogP contribution in [0.2, 0.25) is 0 Å². The first-order valence-electron chi connectivity index (χ1n) is 20.7. The van der Waals surface area contributed by atoms with Crippen molar-refractivity contribution in [2.45, 2.75) is 103 Å². The van der Waals surface area contributed by atoms with Gasteiger partial charge in [0.05, 0.1) is 12.1 Å². The summed E-state index contributed by atoms with van der Waals surface area (Å²) in [5, 5.41) is 3.03. The maximum Gasteiger partial charge on any atom is 0.511 e. The van der Waals surface area contributed by atoms with E-state index in [0.717, 1.165) is 29.7 Å². The third-order valence-electron chi connectivity index (χ3n) is 12.0. The third-order valence-corrected chi connectivity index (χ3v) is 12.0. The molecule has 1 aromatic heterocycles. The summed E-state index contributed by atoms with van der Waals surface area (Å²) in [5.41, 5.74) is 4.40. The van der Waals surface area contributed by atoms with Crippen molar-refractivity contribution in [3.63, 3.8) is 0 Å². The third kappa shape index (κ3) is 9.34. The number of anilines is 1. The number of urea groups is 1. The lowest BCUT2D eigenvalue weighted by Gasteiger charge is -2.40. The number of ether oxygens (including phenoxy) is 4. The lowest BCUT2D eigenvalue weighted by atomic mass is 9.99. The number of nitrogens with one attached hydrogen (secondary N) is 1. The second-order valence-electron chi connectivity index (χ2n) is 15.8. The molecule has 0 aliphatic carbocycles. The quantitative estimate of drug-likeness (QED) is 0.171. The van der Waals surface area contributed by atoms with Gasteiger partial charge in [0.1, 0.15) is 6.04 Å². The number of amides is 4. The smallest absolute Gasteiger partial charge is 0.436 e. The van der Waals surface area contributed by atoms with Crippen molar-refractivity contribution in [3.05, 3.63) is 63.6 Å². The maximum absolute atomic E-state index is 14.4. The van der Waals surface area contributed by atoms with Crippen LogP contribution < -0.4 is 11.1 Å². The standard InChI is InChI=1S/C42H54N6O11/c1-5-55-42(54)57-27(3)56-38(50)33-11-8-17-47(33)30-13-18-45(19-14-30)37(49)35(25-28-23-26(2)36-34(24-28)58-40(52)44(36)4)59-41(53)46-20-15-31(16-21-46)48-22-12-29-9-6-7-10-32(29)43-39(48)51/h6-7,9-10,23-24,27,30-31,33,35H,5,8,11-22,25H2,1-4H3,(H,43,51)/t27?,33-,35+/m0/s1. The van der Waals surface area contributed by atoms with Crippen molar-refractivity contribution < 1.29 is 47.3 Å². The number of hydrogen-bond acceptors (Lipinski definition) is 12. The largest absolute Gasteiger partial charge is 0.511 e. The van der Waals surface area contributed by atoms with Crippen molar-refractivity contribution >= 4 is 46.9 Å². The number of aromatic nitrogens is 1. The highest BCUT2D eigenvalue weighted by Gasteiger charge is 2.41. The number of rotatable bonds is 10. The van der Waals surface area contributed by atoms with E-state index in [1.807, 2.05) is 42.2 Å². The van der Waals surface area contributed by atoms with Crippen LogP contribution >= 0.6 is 0 Å². The average molecular weight is 819 g/mol. The molecule has 3 atom stereocenters. The van der Waals surface area contributed by atoms with Crippen LogP contribution in [0.25, 0.3) is 11.1 Å². The number of para-hydroxylation sites is 1. The van der Waals surface area contributed by atoms with Gasteiger partial charge in [0.25, 0.3) is 5.91 Å². The SMILES string of the molecule is CCOC(=O)OC(C)OC(=O)[C@@H]1CCCN1C1CCN(C(=O)[C@@H](Cc2cc(C)c3c(c2)oc(=O)n3C)OC(=O)N2CCC(N3CCc4ccccc4NC3=O)CC2)CC1. The number of carbonyl (C=O) groups excluding carboxylic acids is 5. The second kappa shape index (κ2) is 18.1. The molecule has 1 unspecified atom stereocenters. The zero-order valence-electron chi connectivity index (χ0n) is 34.2. The van der Waals surface area contributed by atoms with Crippen LogP contribution in [0.5, 0.6) is 0 Å². The minimum Gasteiger partial charge on any atom is -0.436 e. The average Bonchev–Trinajstić information content (AvgIpc) is 3.77. The molecular weight excluding hydrogens is 764 g/mol. The molecule has 17 heteroatoms. The Labute approximate surface area is 342 Å². The summed E-state index contributed by atoms with van der Waals surface area (Å²) in [4.78, 5) is 85.9. The molecule has 318 valence electrons. The number of nitrogens with zero attached hydrogens (tertiary/aromatic N) is 5. The van der Waals surface area contributed by atoms with Gasteiger partial charge >= 0.3 is 30.0 Å². The van der Waals surface area contributed by atoms with Gasteiger partial charge in [-0.1, -0.05) is 24.3 Å². The van der Waals surface area contributed by atoms with E-state index in [1.165, 1.54) is 11.5 Å². The summed E-state index contributed by atoms with van der Waals surface area (Å²) < 4.78 is 28.2. The molecule has 1 N–H and O–H groups in total. The number of esters is 1. The van der Waals surface area contributed by atoms with E-state index in [2.05, 4.69) is 10.2 Å². The fraction of sp³-hybridized carbons (Fsp3) is 0.571. The number of likely N-dealkylation sites (tertiary alicyclic amines) is 3. The van der Waals surface area contributed by atoms with Crippen LogP contribution in [0.15, 0.2) is 45.6 Å². The highest BCUT2D eigenvalue weighted by molar-refractivity contribution is 5.91. The second-order valence-corrected chi connectivity index (χ2v) is 15.8. The highest BCUT2D eigenvalue weighted by atomic mass is 16.8.